The maximum absolute atomic E-state index is 13.4. The third kappa shape index (κ3) is 2.73. The Morgan fingerprint density at radius 3 is 3.00 bits per heavy atom. The van der Waals surface area contributed by atoms with Crippen LogP contribution in [0.5, 0.6) is 5.75 Å². The summed E-state index contributed by atoms with van der Waals surface area (Å²) in [6.45, 7) is 1.13. The van der Waals surface area contributed by atoms with Gasteiger partial charge in [-0.3, -0.25) is 0 Å². The lowest BCUT2D eigenvalue weighted by molar-refractivity contribution is 0.386. The molecule has 0 aliphatic carbocycles. The predicted molar refractivity (Wildman–Crippen MR) is 62.3 cm³/mol. The van der Waals surface area contributed by atoms with E-state index in [0.717, 1.165) is 24.9 Å². The van der Waals surface area contributed by atoms with E-state index in [1.807, 2.05) is 6.07 Å². The molecule has 2 nitrogen and oxygen atoms in total. The van der Waals surface area contributed by atoms with Gasteiger partial charge >= 0.3 is 0 Å². The molecule has 1 aromatic rings. The van der Waals surface area contributed by atoms with Gasteiger partial charge in [0.1, 0.15) is 0 Å². The smallest absolute Gasteiger partial charge is 0.165 e. The van der Waals surface area contributed by atoms with Gasteiger partial charge in [0, 0.05) is 6.04 Å². The first-order chi connectivity index (χ1) is 7.79. The standard InChI is InChI=1S/C13H18FNO/c1-16-13-7-5-10(9-12(13)14)4-6-11-3-2-8-15-11/h5,7,9,11,15H,2-4,6,8H2,1H3. The van der Waals surface area contributed by atoms with E-state index in [-0.39, 0.29) is 5.82 Å². The molecule has 1 atom stereocenters. The Morgan fingerprint density at radius 1 is 1.50 bits per heavy atom. The number of halogens is 1. The van der Waals surface area contributed by atoms with E-state index in [4.69, 9.17) is 4.74 Å². The van der Waals surface area contributed by atoms with Gasteiger partial charge in [-0.25, -0.2) is 4.39 Å². The van der Waals surface area contributed by atoms with Crippen LogP contribution in [0.3, 0.4) is 0 Å². The number of nitrogens with one attached hydrogen (secondary N) is 1. The molecule has 3 heteroatoms. The minimum absolute atomic E-state index is 0.264. The van der Waals surface area contributed by atoms with Crippen molar-refractivity contribution in [2.75, 3.05) is 13.7 Å². The van der Waals surface area contributed by atoms with Gasteiger partial charge in [0.25, 0.3) is 0 Å². The topological polar surface area (TPSA) is 21.3 Å². The maximum Gasteiger partial charge on any atom is 0.165 e. The largest absolute Gasteiger partial charge is 0.494 e. The van der Waals surface area contributed by atoms with Crippen molar-refractivity contribution in [2.45, 2.75) is 31.7 Å². The van der Waals surface area contributed by atoms with Crippen molar-refractivity contribution < 1.29 is 9.13 Å². The first-order valence-electron chi connectivity index (χ1n) is 5.85. The zero-order valence-electron chi connectivity index (χ0n) is 9.63. The number of benzene rings is 1. The molecule has 1 aliphatic heterocycles. The molecule has 16 heavy (non-hydrogen) atoms. The number of aryl methyl sites for hydroxylation is 1. The van der Waals surface area contributed by atoms with Crippen LogP contribution in [0.2, 0.25) is 0 Å². The van der Waals surface area contributed by atoms with E-state index in [1.54, 1.807) is 12.1 Å². The molecule has 2 rings (SSSR count). The molecular formula is C13H18FNO. The lowest BCUT2D eigenvalue weighted by Crippen LogP contribution is -2.21. The monoisotopic (exact) mass is 223 g/mol. The van der Waals surface area contributed by atoms with E-state index >= 15 is 0 Å². The molecule has 0 saturated carbocycles. The van der Waals surface area contributed by atoms with E-state index in [1.165, 1.54) is 20.0 Å². The molecule has 0 radical (unpaired) electrons. The normalized spacial score (nSPS) is 20.0. The van der Waals surface area contributed by atoms with Crippen LogP contribution in [0.1, 0.15) is 24.8 Å². The zero-order chi connectivity index (χ0) is 11.4. The molecule has 1 N–H and O–H groups in total. The molecule has 1 unspecified atom stereocenters. The second-order valence-electron chi connectivity index (χ2n) is 4.30. The molecular weight excluding hydrogens is 205 g/mol. The van der Waals surface area contributed by atoms with Gasteiger partial charge in [-0.1, -0.05) is 6.07 Å². The van der Waals surface area contributed by atoms with Gasteiger partial charge in [-0.05, 0) is 49.9 Å². The summed E-state index contributed by atoms with van der Waals surface area (Å²) in [5.74, 6) is 0.0575. The van der Waals surface area contributed by atoms with Crippen LogP contribution in [-0.2, 0) is 6.42 Å². The summed E-state index contributed by atoms with van der Waals surface area (Å²) in [5, 5.41) is 3.45. The van der Waals surface area contributed by atoms with E-state index in [0.29, 0.717) is 11.8 Å². The van der Waals surface area contributed by atoms with E-state index < -0.39 is 0 Å². The van der Waals surface area contributed by atoms with Gasteiger partial charge < -0.3 is 10.1 Å². The van der Waals surface area contributed by atoms with Crippen LogP contribution in [0.25, 0.3) is 0 Å². The number of hydrogen-bond acceptors (Lipinski definition) is 2. The Labute approximate surface area is 95.8 Å². The SMILES string of the molecule is COc1ccc(CCC2CCCN2)cc1F. The van der Waals surface area contributed by atoms with Crippen LogP contribution in [0.15, 0.2) is 18.2 Å². The second kappa shape index (κ2) is 5.30. The van der Waals surface area contributed by atoms with Crippen LogP contribution in [0, 0.1) is 5.82 Å². The van der Waals surface area contributed by atoms with Crippen LogP contribution in [0.4, 0.5) is 4.39 Å². The van der Waals surface area contributed by atoms with E-state index in [2.05, 4.69) is 5.32 Å². The van der Waals surface area contributed by atoms with Crippen LogP contribution >= 0.6 is 0 Å². The molecule has 1 aliphatic rings. The highest BCUT2D eigenvalue weighted by Crippen LogP contribution is 2.19. The highest BCUT2D eigenvalue weighted by atomic mass is 19.1. The summed E-state index contributed by atoms with van der Waals surface area (Å²) in [7, 11) is 1.49. The Balaban J connectivity index is 1.91. The fourth-order valence-corrected chi connectivity index (χ4v) is 2.21. The summed E-state index contributed by atoms with van der Waals surface area (Å²) in [6, 6.07) is 5.84. The Bertz CT molecular complexity index is 348. The molecule has 1 heterocycles. The first kappa shape index (κ1) is 11.4. The number of hydrogen-bond donors (Lipinski definition) is 1. The summed E-state index contributed by atoms with van der Waals surface area (Å²) in [4.78, 5) is 0. The van der Waals surface area contributed by atoms with Gasteiger partial charge in [0.2, 0.25) is 0 Å². The first-order valence-corrected chi connectivity index (χ1v) is 5.85. The van der Waals surface area contributed by atoms with Crippen molar-refractivity contribution in [3.8, 4) is 5.75 Å². The molecule has 0 bridgehead atoms. The van der Waals surface area contributed by atoms with Crippen molar-refractivity contribution in [1.82, 2.24) is 5.32 Å². The highest BCUT2D eigenvalue weighted by Gasteiger charge is 2.13. The Kier molecular flexibility index (Phi) is 3.78. The minimum atomic E-state index is -0.264. The van der Waals surface area contributed by atoms with E-state index in [9.17, 15) is 4.39 Å². The van der Waals surface area contributed by atoms with Crippen molar-refractivity contribution in [3.63, 3.8) is 0 Å². The van der Waals surface area contributed by atoms with Gasteiger partial charge in [0.15, 0.2) is 11.6 Å². The number of ether oxygens (including phenoxy) is 1. The molecule has 88 valence electrons. The van der Waals surface area contributed by atoms with Crippen LogP contribution in [-0.4, -0.2) is 19.7 Å². The van der Waals surface area contributed by atoms with Crippen molar-refractivity contribution in [1.29, 1.82) is 0 Å². The lowest BCUT2D eigenvalue weighted by atomic mass is 10.0. The summed E-state index contributed by atoms with van der Waals surface area (Å²) < 4.78 is 18.3. The van der Waals surface area contributed by atoms with Crippen LogP contribution < -0.4 is 10.1 Å². The molecule has 1 saturated heterocycles. The second-order valence-corrected chi connectivity index (χ2v) is 4.30. The molecule has 0 amide bonds. The average molecular weight is 223 g/mol. The third-order valence-electron chi connectivity index (χ3n) is 3.16. The molecule has 0 aromatic heterocycles. The lowest BCUT2D eigenvalue weighted by Gasteiger charge is -2.10. The van der Waals surface area contributed by atoms with Crippen molar-refractivity contribution in [3.05, 3.63) is 29.6 Å². The summed E-state index contributed by atoms with van der Waals surface area (Å²) >= 11 is 0. The minimum Gasteiger partial charge on any atom is -0.494 e. The van der Waals surface area contributed by atoms with Gasteiger partial charge in [0.05, 0.1) is 7.11 Å². The van der Waals surface area contributed by atoms with Gasteiger partial charge in [-0.15, -0.1) is 0 Å². The van der Waals surface area contributed by atoms with Crippen molar-refractivity contribution in [2.24, 2.45) is 0 Å². The fourth-order valence-electron chi connectivity index (χ4n) is 2.21. The number of methoxy groups -OCH3 is 1. The predicted octanol–water partition coefficient (Wildman–Crippen LogP) is 2.52. The third-order valence-corrected chi connectivity index (χ3v) is 3.16. The molecule has 1 fully saturated rings. The summed E-state index contributed by atoms with van der Waals surface area (Å²) in [6.07, 6.45) is 4.53. The van der Waals surface area contributed by atoms with Gasteiger partial charge in [-0.2, -0.15) is 0 Å². The van der Waals surface area contributed by atoms with Crippen molar-refractivity contribution >= 4 is 0 Å². The highest BCUT2D eigenvalue weighted by molar-refractivity contribution is 5.29. The maximum atomic E-state index is 13.4. The zero-order valence-corrected chi connectivity index (χ0v) is 9.63. The molecule has 0 spiro atoms. The average Bonchev–Trinajstić information content (AvgIpc) is 2.79. The fraction of sp³-hybridized carbons (Fsp3) is 0.538. The Morgan fingerprint density at radius 2 is 2.38 bits per heavy atom. The summed E-state index contributed by atoms with van der Waals surface area (Å²) in [5.41, 5.74) is 1.05. The Hall–Kier alpha value is -1.09. The molecule has 1 aromatic carbocycles. The quantitative estimate of drug-likeness (QED) is 0.847. The number of rotatable bonds is 4.